The Morgan fingerprint density at radius 3 is 2.75 bits per heavy atom. The first kappa shape index (κ1) is 8.96. The van der Waals surface area contributed by atoms with Gasteiger partial charge in [-0.25, -0.2) is 4.98 Å². The fourth-order valence-electron chi connectivity index (χ4n) is 0.963. The molecule has 0 aromatic carbocycles. The van der Waals surface area contributed by atoms with Gasteiger partial charge in [0.05, 0.1) is 6.10 Å². The third-order valence-electron chi connectivity index (χ3n) is 1.69. The van der Waals surface area contributed by atoms with Crippen molar-refractivity contribution in [1.82, 2.24) is 4.98 Å². The van der Waals surface area contributed by atoms with E-state index in [0.717, 1.165) is 0 Å². The second kappa shape index (κ2) is 3.51. The minimum atomic E-state index is -0.737. The monoisotopic (exact) mass is 167 g/mol. The van der Waals surface area contributed by atoms with Crippen LogP contribution in [0.2, 0.25) is 0 Å². The predicted octanol–water partition coefficient (Wildman–Crippen LogP) is 0.0444. The highest BCUT2D eigenvalue weighted by Crippen LogP contribution is 2.19. The first-order valence-electron chi connectivity index (χ1n) is 3.77. The Kier molecular flexibility index (Phi) is 2.62. The van der Waals surface area contributed by atoms with Gasteiger partial charge in [-0.1, -0.05) is 6.07 Å². The maximum absolute atomic E-state index is 9.53. The van der Waals surface area contributed by atoms with Crippen molar-refractivity contribution in [1.29, 1.82) is 0 Å². The van der Waals surface area contributed by atoms with Crippen LogP contribution in [-0.4, -0.2) is 16.1 Å². The van der Waals surface area contributed by atoms with Crippen LogP contribution in [-0.2, 0) is 0 Å². The smallest absolute Gasteiger partial charge is 0.129 e. The van der Waals surface area contributed by atoms with E-state index in [0.29, 0.717) is 11.4 Å². The summed E-state index contributed by atoms with van der Waals surface area (Å²) in [4.78, 5) is 3.84. The van der Waals surface area contributed by atoms with Gasteiger partial charge < -0.3 is 16.6 Å². The molecule has 0 saturated carbocycles. The summed E-state index contributed by atoms with van der Waals surface area (Å²) in [5.41, 5.74) is 11.6. The number of pyridine rings is 1. The minimum absolute atomic E-state index is 0.335. The number of nitrogens with zero attached hydrogens (tertiary/aromatic N) is 1. The Labute approximate surface area is 71.2 Å². The number of rotatable bonds is 2. The molecule has 1 aromatic heterocycles. The van der Waals surface area contributed by atoms with Crippen LogP contribution in [0.4, 0.5) is 5.82 Å². The molecule has 0 radical (unpaired) electrons. The van der Waals surface area contributed by atoms with Gasteiger partial charge in [-0.05, 0) is 13.0 Å². The van der Waals surface area contributed by atoms with Gasteiger partial charge in [-0.15, -0.1) is 0 Å². The van der Waals surface area contributed by atoms with E-state index in [4.69, 9.17) is 11.5 Å². The van der Waals surface area contributed by atoms with E-state index in [1.54, 1.807) is 25.3 Å². The molecule has 0 spiro atoms. The molecule has 0 unspecified atom stereocenters. The molecule has 0 aliphatic carbocycles. The van der Waals surface area contributed by atoms with Gasteiger partial charge in [0.25, 0.3) is 0 Å². The van der Waals surface area contributed by atoms with E-state index in [-0.39, 0.29) is 6.04 Å². The van der Waals surface area contributed by atoms with Crippen LogP contribution in [0.3, 0.4) is 0 Å². The van der Waals surface area contributed by atoms with E-state index in [9.17, 15) is 5.11 Å². The molecule has 0 aliphatic heterocycles. The largest absolute Gasteiger partial charge is 0.387 e. The maximum atomic E-state index is 9.53. The quantitative estimate of drug-likeness (QED) is 0.580. The molecule has 0 aliphatic rings. The van der Waals surface area contributed by atoms with E-state index >= 15 is 0 Å². The lowest BCUT2D eigenvalue weighted by Crippen LogP contribution is -2.25. The molecule has 2 atom stereocenters. The van der Waals surface area contributed by atoms with E-state index in [1.807, 2.05) is 0 Å². The molecule has 66 valence electrons. The molecule has 1 aromatic rings. The summed E-state index contributed by atoms with van der Waals surface area (Å²) in [6.07, 6.45) is 0.839. The highest BCUT2D eigenvalue weighted by atomic mass is 16.3. The number of hydrogen-bond acceptors (Lipinski definition) is 4. The van der Waals surface area contributed by atoms with Gasteiger partial charge in [0.15, 0.2) is 0 Å². The van der Waals surface area contributed by atoms with Crippen LogP contribution >= 0.6 is 0 Å². The molecule has 1 heterocycles. The van der Waals surface area contributed by atoms with Crippen molar-refractivity contribution >= 4 is 5.82 Å². The maximum Gasteiger partial charge on any atom is 0.129 e. The van der Waals surface area contributed by atoms with Crippen LogP contribution in [0.5, 0.6) is 0 Å². The van der Waals surface area contributed by atoms with Gasteiger partial charge in [-0.3, -0.25) is 0 Å². The SMILES string of the molecule is C[C@H](N)[C@H](O)c1cccnc1N. The summed E-state index contributed by atoms with van der Waals surface area (Å²) >= 11 is 0. The van der Waals surface area contributed by atoms with Crippen LogP contribution in [0.25, 0.3) is 0 Å². The van der Waals surface area contributed by atoms with E-state index in [1.165, 1.54) is 0 Å². The first-order chi connectivity index (χ1) is 5.63. The van der Waals surface area contributed by atoms with Crippen molar-refractivity contribution in [2.45, 2.75) is 19.1 Å². The van der Waals surface area contributed by atoms with Gasteiger partial charge in [0, 0.05) is 17.8 Å². The summed E-state index contributed by atoms with van der Waals surface area (Å²) in [6, 6.07) is 3.10. The van der Waals surface area contributed by atoms with Crippen LogP contribution < -0.4 is 11.5 Å². The Morgan fingerprint density at radius 1 is 1.58 bits per heavy atom. The fourth-order valence-corrected chi connectivity index (χ4v) is 0.963. The molecular formula is C8H13N3O. The molecule has 1 rings (SSSR count). The number of hydrogen-bond donors (Lipinski definition) is 3. The molecule has 0 saturated heterocycles. The zero-order valence-electron chi connectivity index (χ0n) is 6.94. The average Bonchev–Trinajstić information content (AvgIpc) is 2.04. The number of aliphatic hydroxyl groups is 1. The third kappa shape index (κ3) is 1.72. The number of aromatic nitrogens is 1. The van der Waals surface area contributed by atoms with Crippen LogP contribution in [0, 0.1) is 0 Å². The van der Waals surface area contributed by atoms with Crippen molar-refractivity contribution in [2.24, 2.45) is 5.73 Å². The molecule has 5 N–H and O–H groups in total. The normalized spacial score (nSPS) is 15.6. The molecule has 0 fully saturated rings. The standard InChI is InChI=1S/C8H13N3O/c1-5(9)7(12)6-3-2-4-11-8(6)10/h2-5,7,12H,9H2,1H3,(H2,10,11)/t5-,7-/m0/s1. The zero-order chi connectivity index (χ0) is 9.14. The highest BCUT2D eigenvalue weighted by molar-refractivity contribution is 5.40. The lowest BCUT2D eigenvalue weighted by Gasteiger charge is -2.15. The lowest BCUT2D eigenvalue weighted by molar-refractivity contribution is 0.154. The number of nitrogens with two attached hydrogens (primary N) is 2. The first-order valence-corrected chi connectivity index (χ1v) is 3.77. The predicted molar refractivity (Wildman–Crippen MR) is 47.3 cm³/mol. The Morgan fingerprint density at radius 2 is 2.25 bits per heavy atom. The Hall–Kier alpha value is -1.13. The summed E-state index contributed by atoms with van der Waals surface area (Å²) < 4.78 is 0. The summed E-state index contributed by atoms with van der Waals surface area (Å²) in [6.45, 7) is 1.72. The van der Waals surface area contributed by atoms with Gasteiger partial charge in [-0.2, -0.15) is 0 Å². The summed E-state index contributed by atoms with van der Waals surface area (Å²) in [5.74, 6) is 0.335. The zero-order valence-corrected chi connectivity index (χ0v) is 6.94. The summed E-state index contributed by atoms with van der Waals surface area (Å²) in [7, 11) is 0. The van der Waals surface area contributed by atoms with Crippen molar-refractivity contribution < 1.29 is 5.11 Å². The average molecular weight is 167 g/mol. The number of aliphatic hydroxyl groups excluding tert-OH is 1. The van der Waals surface area contributed by atoms with E-state index < -0.39 is 6.10 Å². The van der Waals surface area contributed by atoms with Crippen molar-refractivity contribution in [2.75, 3.05) is 5.73 Å². The second-order valence-electron chi connectivity index (χ2n) is 2.78. The molecular weight excluding hydrogens is 154 g/mol. The lowest BCUT2D eigenvalue weighted by atomic mass is 10.1. The molecule has 4 nitrogen and oxygen atoms in total. The molecule has 4 heteroatoms. The Bertz CT molecular complexity index is 262. The number of nitrogen functional groups attached to an aromatic ring is 1. The number of anilines is 1. The summed E-state index contributed by atoms with van der Waals surface area (Å²) in [5, 5.41) is 9.53. The fraction of sp³-hybridized carbons (Fsp3) is 0.375. The van der Waals surface area contributed by atoms with Gasteiger partial charge in [0.1, 0.15) is 5.82 Å². The van der Waals surface area contributed by atoms with Gasteiger partial charge in [0.2, 0.25) is 0 Å². The van der Waals surface area contributed by atoms with Crippen molar-refractivity contribution in [3.05, 3.63) is 23.9 Å². The molecule has 0 bridgehead atoms. The van der Waals surface area contributed by atoms with E-state index in [2.05, 4.69) is 4.98 Å². The Balaban J connectivity index is 2.94. The highest BCUT2D eigenvalue weighted by Gasteiger charge is 2.14. The van der Waals surface area contributed by atoms with Gasteiger partial charge >= 0.3 is 0 Å². The second-order valence-corrected chi connectivity index (χ2v) is 2.78. The molecule has 0 amide bonds. The topological polar surface area (TPSA) is 85.2 Å². The minimum Gasteiger partial charge on any atom is -0.387 e. The van der Waals surface area contributed by atoms with Crippen molar-refractivity contribution in [3.63, 3.8) is 0 Å². The molecule has 12 heavy (non-hydrogen) atoms. The van der Waals surface area contributed by atoms with Crippen molar-refractivity contribution in [3.8, 4) is 0 Å². The third-order valence-corrected chi connectivity index (χ3v) is 1.69. The van der Waals surface area contributed by atoms with Crippen LogP contribution in [0.1, 0.15) is 18.6 Å². The van der Waals surface area contributed by atoms with Crippen LogP contribution in [0.15, 0.2) is 18.3 Å².